The molecule has 0 radical (unpaired) electrons. The molecule has 0 saturated carbocycles. The van der Waals surface area contributed by atoms with Crippen LogP contribution in [0.4, 0.5) is 24.5 Å². The highest BCUT2D eigenvalue weighted by Crippen LogP contribution is 2.51. The number of amides is 1. The molecule has 2 bridgehead atoms. The maximum atomic E-state index is 12.6. The van der Waals surface area contributed by atoms with Crippen LogP contribution in [-0.2, 0) is 4.79 Å². The molecule has 0 aromatic heterocycles. The largest absolute Gasteiger partial charge is 0.471 e. The van der Waals surface area contributed by atoms with Crippen LogP contribution < -0.4 is 0 Å². The molecule has 1 aliphatic carbocycles. The average Bonchev–Trinajstić information content (AvgIpc) is 2.75. The zero-order valence-electron chi connectivity index (χ0n) is 11.9. The zero-order chi connectivity index (χ0) is 17.8. The van der Waals surface area contributed by atoms with Crippen LogP contribution in [0.2, 0.25) is 0 Å². The molecule has 1 aromatic rings. The monoisotopic (exact) mass is 345 g/mol. The molecular weight excluding hydrogens is 335 g/mol. The van der Waals surface area contributed by atoms with Gasteiger partial charge in [-0.25, -0.2) is 0 Å². The van der Waals surface area contributed by atoms with E-state index in [1.807, 2.05) is 0 Å². The highest BCUT2D eigenvalue weighted by molar-refractivity contribution is 5.82. The summed E-state index contributed by atoms with van der Waals surface area (Å²) < 4.78 is 37.9. The number of piperidine rings is 1. The van der Waals surface area contributed by atoms with Gasteiger partial charge in [0.15, 0.2) is 0 Å². The topological polar surface area (TPSA) is 107 Å². The maximum absolute atomic E-state index is 12.6. The van der Waals surface area contributed by atoms with E-state index in [0.29, 0.717) is 16.9 Å². The minimum Gasteiger partial charge on any atom is -0.334 e. The van der Waals surface area contributed by atoms with Crippen LogP contribution in [0.15, 0.2) is 12.1 Å². The number of hydrogen-bond acceptors (Lipinski definition) is 5. The number of benzene rings is 1. The lowest BCUT2D eigenvalue weighted by Crippen LogP contribution is -2.46. The second-order valence-electron chi connectivity index (χ2n) is 5.82. The molecule has 2 aliphatic rings. The molecule has 3 rings (SSSR count). The molecule has 11 heteroatoms. The highest BCUT2D eigenvalue weighted by Gasteiger charge is 2.49. The maximum Gasteiger partial charge on any atom is 0.471 e. The Kier molecular flexibility index (Phi) is 3.46. The number of alkyl halides is 3. The Balaban J connectivity index is 2.05. The Morgan fingerprint density at radius 2 is 1.75 bits per heavy atom. The first-order valence-corrected chi connectivity index (χ1v) is 6.92. The lowest BCUT2D eigenvalue weighted by molar-refractivity contribution is -0.394. The van der Waals surface area contributed by atoms with Gasteiger partial charge in [-0.1, -0.05) is 0 Å². The number of nitro benzene ring substituents is 2. The first kappa shape index (κ1) is 16.1. The van der Waals surface area contributed by atoms with E-state index in [0.717, 1.165) is 12.1 Å². The van der Waals surface area contributed by atoms with Gasteiger partial charge in [-0.15, -0.1) is 0 Å². The van der Waals surface area contributed by atoms with Crippen LogP contribution in [0.1, 0.15) is 29.4 Å². The predicted molar refractivity (Wildman–Crippen MR) is 72.5 cm³/mol. The number of likely N-dealkylation sites (tertiary alicyclic amines) is 1. The zero-order valence-corrected chi connectivity index (χ0v) is 11.9. The van der Waals surface area contributed by atoms with Gasteiger partial charge in [-0.2, -0.15) is 13.2 Å². The number of carbonyl (C=O) groups is 1. The lowest BCUT2D eigenvalue weighted by Gasteiger charge is -2.32. The molecule has 1 heterocycles. The Hall–Kier alpha value is -2.72. The third-order valence-electron chi connectivity index (χ3n) is 4.41. The smallest absolute Gasteiger partial charge is 0.334 e. The Morgan fingerprint density at radius 3 is 2.29 bits per heavy atom. The van der Waals surface area contributed by atoms with E-state index in [1.165, 1.54) is 0 Å². The van der Waals surface area contributed by atoms with Crippen LogP contribution in [0.3, 0.4) is 0 Å². The molecule has 24 heavy (non-hydrogen) atoms. The molecule has 1 aromatic carbocycles. The minimum absolute atomic E-state index is 0.202. The number of fused-ring (bicyclic) bond motifs is 5. The fourth-order valence-electron chi connectivity index (χ4n) is 3.56. The van der Waals surface area contributed by atoms with Crippen molar-refractivity contribution in [3.63, 3.8) is 0 Å². The predicted octanol–water partition coefficient (Wildman–Crippen LogP) is 2.48. The summed E-state index contributed by atoms with van der Waals surface area (Å²) in [4.78, 5) is 32.7. The van der Waals surface area contributed by atoms with Gasteiger partial charge in [0.2, 0.25) is 0 Å². The summed E-state index contributed by atoms with van der Waals surface area (Å²) in [5, 5.41) is 22.2. The molecule has 0 spiro atoms. The van der Waals surface area contributed by atoms with Gasteiger partial charge in [0, 0.05) is 36.6 Å². The summed E-state index contributed by atoms with van der Waals surface area (Å²) in [6, 6.07) is 1.98. The number of non-ortho nitro benzene ring substituents is 1. The van der Waals surface area contributed by atoms with Crippen LogP contribution in [0, 0.1) is 20.2 Å². The second-order valence-corrected chi connectivity index (χ2v) is 5.82. The van der Waals surface area contributed by atoms with Crippen molar-refractivity contribution in [2.75, 3.05) is 13.1 Å². The van der Waals surface area contributed by atoms with Gasteiger partial charge in [-0.05, 0) is 12.0 Å². The summed E-state index contributed by atoms with van der Waals surface area (Å²) in [5.74, 6) is -3.21. The van der Waals surface area contributed by atoms with Crippen molar-refractivity contribution in [3.05, 3.63) is 43.5 Å². The fourth-order valence-corrected chi connectivity index (χ4v) is 3.56. The summed E-state index contributed by atoms with van der Waals surface area (Å²) in [7, 11) is 0. The van der Waals surface area contributed by atoms with E-state index >= 15 is 0 Å². The van der Waals surface area contributed by atoms with Crippen molar-refractivity contribution >= 4 is 17.3 Å². The van der Waals surface area contributed by atoms with Crippen LogP contribution in [0.5, 0.6) is 0 Å². The SMILES string of the molecule is O=C(N1CC2CC(C1)c1c2cc([N+](=O)[O-])cc1[N+](=O)[O-])C(F)(F)F. The van der Waals surface area contributed by atoms with Gasteiger partial charge in [0.25, 0.3) is 11.4 Å². The van der Waals surface area contributed by atoms with Crippen molar-refractivity contribution in [2.24, 2.45) is 0 Å². The first-order valence-electron chi connectivity index (χ1n) is 6.92. The molecule has 2 unspecified atom stereocenters. The third kappa shape index (κ3) is 2.45. The van der Waals surface area contributed by atoms with Gasteiger partial charge in [0.1, 0.15) is 0 Å². The van der Waals surface area contributed by atoms with Crippen LogP contribution >= 0.6 is 0 Å². The van der Waals surface area contributed by atoms with E-state index in [-0.39, 0.29) is 18.7 Å². The Bertz CT molecular complexity index is 764. The standard InChI is InChI=1S/C13H10F3N3O5/c14-13(15,16)12(20)17-4-6-1-7(5-17)11-9(6)2-8(18(21)22)3-10(11)19(23)24/h2-3,6-7H,1,4-5H2. The van der Waals surface area contributed by atoms with Crippen molar-refractivity contribution in [3.8, 4) is 0 Å². The number of nitrogens with zero attached hydrogens (tertiary/aromatic N) is 3. The average molecular weight is 345 g/mol. The van der Waals surface area contributed by atoms with Gasteiger partial charge in [0.05, 0.1) is 15.9 Å². The second kappa shape index (κ2) is 5.14. The van der Waals surface area contributed by atoms with Crippen molar-refractivity contribution in [2.45, 2.75) is 24.4 Å². The molecule has 0 N–H and O–H groups in total. The first-order chi connectivity index (χ1) is 11.1. The number of hydrogen-bond donors (Lipinski definition) is 0. The van der Waals surface area contributed by atoms with Crippen molar-refractivity contribution in [1.82, 2.24) is 4.90 Å². The van der Waals surface area contributed by atoms with Gasteiger partial charge in [-0.3, -0.25) is 25.0 Å². The van der Waals surface area contributed by atoms with E-state index in [2.05, 4.69) is 0 Å². The quantitative estimate of drug-likeness (QED) is 0.604. The highest BCUT2D eigenvalue weighted by atomic mass is 19.4. The van der Waals surface area contributed by atoms with Crippen molar-refractivity contribution in [1.29, 1.82) is 0 Å². The molecule has 1 amide bonds. The van der Waals surface area contributed by atoms with Crippen LogP contribution in [0.25, 0.3) is 0 Å². The van der Waals surface area contributed by atoms with E-state index in [9.17, 15) is 38.2 Å². The normalized spacial score (nSPS) is 22.2. The fraction of sp³-hybridized carbons (Fsp3) is 0.462. The minimum atomic E-state index is -5.03. The lowest BCUT2D eigenvalue weighted by atomic mass is 9.95. The number of nitro groups is 2. The molecule has 2 atom stereocenters. The van der Waals surface area contributed by atoms with Gasteiger partial charge >= 0.3 is 12.1 Å². The Labute approximate surface area is 132 Å². The van der Waals surface area contributed by atoms with E-state index < -0.39 is 45.1 Å². The molecule has 1 fully saturated rings. The number of carbonyl (C=O) groups excluding carboxylic acids is 1. The van der Waals surface area contributed by atoms with Gasteiger partial charge < -0.3 is 4.90 Å². The summed E-state index contributed by atoms with van der Waals surface area (Å²) in [5.41, 5.74) is -0.471. The number of halogens is 3. The molecular formula is C13H10F3N3O5. The van der Waals surface area contributed by atoms with E-state index in [4.69, 9.17) is 0 Å². The van der Waals surface area contributed by atoms with Crippen molar-refractivity contribution < 1.29 is 27.8 Å². The third-order valence-corrected chi connectivity index (χ3v) is 4.41. The number of rotatable bonds is 2. The molecule has 1 aliphatic heterocycles. The van der Waals surface area contributed by atoms with Crippen LogP contribution in [-0.4, -0.2) is 39.9 Å². The Morgan fingerprint density at radius 1 is 1.12 bits per heavy atom. The molecule has 1 saturated heterocycles. The summed E-state index contributed by atoms with van der Waals surface area (Å²) in [6.45, 7) is -0.555. The molecule has 128 valence electrons. The summed E-state index contributed by atoms with van der Waals surface area (Å²) in [6.07, 6.45) is -4.69. The molecule has 8 nitrogen and oxygen atoms in total. The summed E-state index contributed by atoms with van der Waals surface area (Å²) >= 11 is 0. The van der Waals surface area contributed by atoms with E-state index in [1.54, 1.807) is 0 Å².